The number of terminal acetylenes is 1. The van der Waals surface area contributed by atoms with Crippen LogP contribution in [0.25, 0.3) is 6.08 Å². The predicted octanol–water partition coefficient (Wildman–Crippen LogP) is 2.24. The van der Waals surface area contributed by atoms with E-state index in [9.17, 15) is 4.79 Å². The van der Waals surface area contributed by atoms with E-state index in [1.54, 1.807) is 13.2 Å². The van der Waals surface area contributed by atoms with Gasteiger partial charge in [0, 0.05) is 18.5 Å². The fourth-order valence-corrected chi connectivity index (χ4v) is 1.41. The second kappa shape index (κ2) is 7.18. The van der Waals surface area contributed by atoms with Gasteiger partial charge >= 0.3 is 0 Å². The molecule has 1 amide bonds. The third kappa shape index (κ3) is 4.75. The number of carbonyl (C=O) groups excluding carboxylic acids is 1. The van der Waals surface area contributed by atoms with E-state index >= 15 is 0 Å². The quantitative estimate of drug-likeness (QED) is 0.636. The third-order valence-corrected chi connectivity index (χ3v) is 2.36. The van der Waals surface area contributed by atoms with Gasteiger partial charge in [0.1, 0.15) is 5.75 Å². The summed E-state index contributed by atoms with van der Waals surface area (Å²) in [6.45, 7) is 1.87. The van der Waals surface area contributed by atoms with E-state index in [4.69, 9.17) is 11.2 Å². The summed E-state index contributed by atoms with van der Waals surface area (Å²) in [6, 6.07) is 7.45. The molecule has 3 nitrogen and oxygen atoms in total. The molecular weight excluding hydrogens is 226 g/mol. The van der Waals surface area contributed by atoms with Gasteiger partial charge in [-0.25, -0.2) is 0 Å². The molecule has 0 bridgehead atoms. The minimum atomic E-state index is -0.145. The lowest BCUT2D eigenvalue weighted by molar-refractivity contribution is -0.116. The minimum absolute atomic E-state index is 0.0111. The number of carbonyl (C=O) groups is 1. The smallest absolute Gasteiger partial charge is 0.244 e. The molecule has 0 spiro atoms. The van der Waals surface area contributed by atoms with Gasteiger partial charge in [-0.1, -0.05) is 12.1 Å². The van der Waals surface area contributed by atoms with Gasteiger partial charge in [-0.05, 0) is 30.7 Å². The van der Waals surface area contributed by atoms with Crippen LogP contribution in [-0.4, -0.2) is 19.1 Å². The summed E-state index contributed by atoms with van der Waals surface area (Å²) in [5.41, 5.74) is 0.940. The molecule has 0 aliphatic rings. The van der Waals surface area contributed by atoms with Gasteiger partial charge < -0.3 is 10.1 Å². The Morgan fingerprint density at radius 2 is 2.17 bits per heavy atom. The molecule has 1 aromatic rings. The summed E-state index contributed by atoms with van der Waals surface area (Å²) in [5.74, 6) is 3.15. The van der Waals surface area contributed by atoms with Crippen LogP contribution in [0.3, 0.4) is 0 Å². The van der Waals surface area contributed by atoms with E-state index in [1.807, 2.05) is 31.2 Å². The number of methoxy groups -OCH3 is 1. The molecule has 3 heteroatoms. The van der Waals surface area contributed by atoms with Crippen molar-refractivity contribution in [2.45, 2.75) is 19.4 Å². The Bertz CT molecular complexity index is 454. The average Bonchev–Trinajstić information content (AvgIpc) is 2.37. The summed E-state index contributed by atoms with van der Waals surface area (Å²) in [6.07, 6.45) is 8.94. The topological polar surface area (TPSA) is 38.3 Å². The number of nitrogens with one attached hydrogen (secondary N) is 1. The number of benzene rings is 1. The SMILES string of the molecule is C#CCC(C)NC(=O)/C=C/c1ccc(OC)cc1. The number of amides is 1. The fourth-order valence-electron chi connectivity index (χ4n) is 1.41. The predicted molar refractivity (Wildman–Crippen MR) is 73.1 cm³/mol. The zero-order valence-corrected chi connectivity index (χ0v) is 10.6. The molecule has 0 aromatic heterocycles. The molecule has 1 N–H and O–H groups in total. The van der Waals surface area contributed by atoms with Crippen LogP contribution >= 0.6 is 0 Å². The van der Waals surface area contributed by atoms with Crippen LogP contribution in [-0.2, 0) is 4.79 Å². The summed E-state index contributed by atoms with van der Waals surface area (Å²) >= 11 is 0. The Morgan fingerprint density at radius 3 is 2.72 bits per heavy atom. The van der Waals surface area contributed by atoms with Gasteiger partial charge in [-0.15, -0.1) is 12.3 Å². The standard InChI is InChI=1S/C15H17NO2/c1-4-5-12(2)16-15(17)11-8-13-6-9-14(18-3)10-7-13/h1,6-12H,5H2,2-3H3,(H,16,17)/b11-8+. The van der Waals surface area contributed by atoms with Crippen molar-refractivity contribution >= 4 is 12.0 Å². The van der Waals surface area contributed by atoms with E-state index < -0.39 is 0 Å². The molecule has 0 heterocycles. The van der Waals surface area contributed by atoms with Crippen LogP contribution in [0, 0.1) is 12.3 Å². The first kappa shape index (κ1) is 13.9. The maximum absolute atomic E-state index is 11.5. The summed E-state index contributed by atoms with van der Waals surface area (Å²) in [7, 11) is 1.62. The van der Waals surface area contributed by atoms with Crippen molar-refractivity contribution in [1.82, 2.24) is 5.32 Å². The van der Waals surface area contributed by atoms with Crippen molar-refractivity contribution in [3.63, 3.8) is 0 Å². The van der Waals surface area contributed by atoms with E-state index in [0.717, 1.165) is 11.3 Å². The first-order valence-electron chi connectivity index (χ1n) is 5.72. The van der Waals surface area contributed by atoms with Crippen molar-refractivity contribution in [2.24, 2.45) is 0 Å². The largest absolute Gasteiger partial charge is 0.497 e. The molecular formula is C15H17NO2. The lowest BCUT2D eigenvalue weighted by Gasteiger charge is -2.07. The molecule has 0 fully saturated rings. The second-order valence-electron chi connectivity index (χ2n) is 3.92. The molecule has 0 radical (unpaired) electrons. The normalized spacial score (nSPS) is 11.8. The van der Waals surface area contributed by atoms with Gasteiger partial charge in [-0.3, -0.25) is 4.79 Å². The molecule has 1 atom stereocenters. The Balaban J connectivity index is 2.52. The maximum atomic E-state index is 11.5. The Kier molecular flexibility index (Phi) is 5.53. The number of hydrogen-bond acceptors (Lipinski definition) is 2. The number of ether oxygens (including phenoxy) is 1. The van der Waals surface area contributed by atoms with E-state index in [0.29, 0.717) is 6.42 Å². The van der Waals surface area contributed by atoms with Crippen molar-refractivity contribution < 1.29 is 9.53 Å². The molecule has 1 rings (SSSR count). The highest BCUT2D eigenvalue weighted by atomic mass is 16.5. The zero-order chi connectivity index (χ0) is 13.4. The van der Waals surface area contributed by atoms with Crippen LogP contribution < -0.4 is 10.1 Å². The summed E-state index contributed by atoms with van der Waals surface area (Å²) in [5, 5.41) is 2.78. The van der Waals surface area contributed by atoms with E-state index in [2.05, 4.69) is 11.2 Å². The monoisotopic (exact) mass is 243 g/mol. The van der Waals surface area contributed by atoms with Crippen molar-refractivity contribution in [2.75, 3.05) is 7.11 Å². The van der Waals surface area contributed by atoms with Crippen LogP contribution in [0.15, 0.2) is 30.3 Å². The Hall–Kier alpha value is -2.21. The first-order chi connectivity index (χ1) is 8.65. The van der Waals surface area contributed by atoms with Crippen LogP contribution in [0.1, 0.15) is 18.9 Å². The van der Waals surface area contributed by atoms with Crippen LogP contribution in [0.4, 0.5) is 0 Å². The third-order valence-electron chi connectivity index (χ3n) is 2.36. The minimum Gasteiger partial charge on any atom is -0.497 e. The first-order valence-corrected chi connectivity index (χ1v) is 5.72. The molecule has 94 valence electrons. The van der Waals surface area contributed by atoms with Gasteiger partial charge in [0.05, 0.1) is 7.11 Å². The van der Waals surface area contributed by atoms with E-state index in [-0.39, 0.29) is 11.9 Å². The Labute approximate surface area is 108 Å². The van der Waals surface area contributed by atoms with Gasteiger partial charge in [-0.2, -0.15) is 0 Å². The van der Waals surface area contributed by atoms with E-state index in [1.165, 1.54) is 6.08 Å². The van der Waals surface area contributed by atoms with Gasteiger partial charge in [0.25, 0.3) is 0 Å². The molecule has 0 saturated carbocycles. The zero-order valence-electron chi connectivity index (χ0n) is 10.6. The molecule has 0 saturated heterocycles. The highest BCUT2D eigenvalue weighted by molar-refractivity contribution is 5.91. The number of rotatable bonds is 5. The number of hydrogen-bond donors (Lipinski definition) is 1. The molecule has 18 heavy (non-hydrogen) atoms. The molecule has 1 unspecified atom stereocenters. The van der Waals surface area contributed by atoms with Crippen molar-refractivity contribution in [3.05, 3.63) is 35.9 Å². The highest BCUT2D eigenvalue weighted by Crippen LogP contribution is 2.12. The van der Waals surface area contributed by atoms with Gasteiger partial charge in [0.2, 0.25) is 5.91 Å². The Morgan fingerprint density at radius 1 is 1.50 bits per heavy atom. The molecule has 0 aliphatic heterocycles. The van der Waals surface area contributed by atoms with Crippen molar-refractivity contribution in [1.29, 1.82) is 0 Å². The molecule has 1 aromatic carbocycles. The summed E-state index contributed by atoms with van der Waals surface area (Å²) < 4.78 is 5.05. The maximum Gasteiger partial charge on any atom is 0.244 e. The lowest BCUT2D eigenvalue weighted by atomic mass is 10.2. The summed E-state index contributed by atoms with van der Waals surface area (Å²) in [4.78, 5) is 11.5. The average molecular weight is 243 g/mol. The second-order valence-corrected chi connectivity index (χ2v) is 3.92. The fraction of sp³-hybridized carbons (Fsp3) is 0.267. The van der Waals surface area contributed by atoms with Crippen molar-refractivity contribution in [3.8, 4) is 18.1 Å². The van der Waals surface area contributed by atoms with Crippen LogP contribution in [0.2, 0.25) is 0 Å². The lowest BCUT2D eigenvalue weighted by Crippen LogP contribution is -2.30. The van der Waals surface area contributed by atoms with Gasteiger partial charge in [0.15, 0.2) is 0 Å². The highest BCUT2D eigenvalue weighted by Gasteiger charge is 2.02. The molecule has 0 aliphatic carbocycles. The van der Waals surface area contributed by atoms with Crippen LogP contribution in [0.5, 0.6) is 5.75 Å².